The molecule has 0 saturated heterocycles. The van der Waals surface area contributed by atoms with E-state index in [2.05, 4.69) is 10.3 Å². The van der Waals surface area contributed by atoms with E-state index in [1.807, 2.05) is 56.3 Å². The highest BCUT2D eigenvalue weighted by atomic mass is 32.2. The molecule has 0 bridgehead atoms. The molecule has 1 aromatic heterocycles. The van der Waals surface area contributed by atoms with Gasteiger partial charge in [-0.25, -0.2) is 4.98 Å². The summed E-state index contributed by atoms with van der Waals surface area (Å²) in [5.74, 6) is 0.775. The summed E-state index contributed by atoms with van der Waals surface area (Å²) in [6, 6.07) is 14.7. The van der Waals surface area contributed by atoms with E-state index in [0.29, 0.717) is 22.6 Å². The first-order valence-corrected chi connectivity index (χ1v) is 10.1. The summed E-state index contributed by atoms with van der Waals surface area (Å²) in [4.78, 5) is 29.7. The third kappa shape index (κ3) is 4.20. The molecule has 1 amide bonds. The van der Waals surface area contributed by atoms with Crippen molar-refractivity contribution in [3.63, 3.8) is 0 Å². The van der Waals surface area contributed by atoms with Crippen molar-refractivity contribution in [2.75, 3.05) is 12.9 Å². The van der Waals surface area contributed by atoms with Gasteiger partial charge < -0.3 is 10.1 Å². The largest absolute Gasteiger partial charge is 0.496 e. The molecular formula is C21H23N3O3S. The van der Waals surface area contributed by atoms with Crippen LogP contribution in [0.4, 0.5) is 0 Å². The molecule has 1 N–H and O–H groups in total. The van der Waals surface area contributed by atoms with E-state index in [4.69, 9.17) is 4.74 Å². The lowest BCUT2D eigenvalue weighted by atomic mass is 10.1. The van der Waals surface area contributed by atoms with Crippen LogP contribution in [-0.2, 0) is 11.3 Å². The molecule has 0 aliphatic rings. The summed E-state index contributed by atoms with van der Waals surface area (Å²) >= 11 is 1.26. The monoisotopic (exact) mass is 397 g/mol. The van der Waals surface area contributed by atoms with E-state index in [0.717, 1.165) is 11.3 Å². The molecule has 7 heteroatoms. The SMILES string of the molecule is CCn1c(SCC(=O)NC(C)c2ccccc2OC)nc2ccccc2c1=O. The van der Waals surface area contributed by atoms with Crippen molar-refractivity contribution in [1.29, 1.82) is 0 Å². The highest BCUT2D eigenvalue weighted by Gasteiger charge is 2.16. The molecule has 0 radical (unpaired) electrons. The number of ether oxygens (including phenoxy) is 1. The van der Waals surface area contributed by atoms with E-state index >= 15 is 0 Å². The van der Waals surface area contributed by atoms with Crippen molar-refractivity contribution in [3.05, 3.63) is 64.4 Å². The Morgan fingerprint density at radius 2 is 1.93 bits per heavy atom. The zero-order valence-electron chi connectivity index (χ0n) is 16.1. The van der Waals surface area contributed by atoms with E-state index in [9.17, 15) is 9.59 Å². The number of amides is 1. The number of thioether (sulfide) groups is 1. The maximum absolute atomic E-state index is 12.7. The zero-order chi connectivity index (χ0) is 20.1. The van der Waals surface area contributed by atoms with Gasteiger partial charge in [-0.3, -0.25) is 14.2 Å². The van der Waals surface area contributed by atoms with Gasteiger partial charge in [0.2, 0.25) is 5.91 Å². The number of benzene rings is 2. The molecule has 28 heavy (non-hydrogen) atoms. The van der Waals surface area contributed by atoms with E-state index in [1.54, 1.807) is 17.7 Å². The van der Waals surface area contributed by atoms with Gasteiger partial charge >= 0.3 is 0 Å². The molecule has 0 aliphatic carbocycles. The van der Waals surface area contributed by atoms with Crippen molar-refractivity contribution in [2.45, 2.75) is 31.6 Å². The highest BCUT2D eigenvalue weighted by molar-refractivity contribution is 7.99. The van der Waals surface area contributed by atoms with Gasteiger partial charge in [-0.2, -0.15) is 0 Å². The Balaban J connectivity index is 1.73. The number of carbonyl (C=O) groups is 1. The van der Waals surface area contributed by atoms with Crippen LogP contribution < -0.4 is 15.6 Å². The van der Waals surface area contributed by atoms with Crippen LogP contribution in [0.1, 0.15) is 25.5 Å². The lowest BCUT2D eigenvalue weighted by Crippen LogP contribution is -2.29. The number of fused-ring (bicyclic) bond motifs is 1. The van der Waals surface area contributed by atoms with Gasteiger partial charge in [-0.1, -0.05) is 42.1 Å². The topological polar surface area (TPSA) is 73.2 Å². The first-order chi connectivity index (χ1) is 13.5. The molecule has 6 nitrogen and oxygen atoms in total. The van der Waals surface area contributed by atoms with Crippen molar-refractivity contribution >= 4 is 28.6 Å². The van der Waals surface area contributed by atoms with Gasteiger partial charge in [0, 0.05) is 12.1 Å². The van der Waals surface area contributed by atoms with Crippen LogP contribution in [0, 0.1) is 0 Å². The van der Waals surface area contributed by atoms with Gasteiger partial charge in [0.05, 0.1) is 29.8 Å². The molecule has 0 spiro atoms. The summed E-state index contributed by atoms with van der Waals surface area (Å²) in [5.41, 5.74) is 1.47. The number of hydrogen-bond donors (Lipinski definition) is 1. The number of hydrogen-bond acceptors (Lipinski definition) is 5. The van der Waals surface area contributed by atoms with E-state index in [1.165, 1.54) is 11.8 Å². The Morgan fingerprint density at radius 1 is 1.21 bits per heavy atom. The highest BCUT2D eigenvalue weighted by Crippen LogP contribution is 2.24. The summed E-state index contributed by atoms with van der Waals surface area (Å²) in [6.45, 7) is 4.31. The Labute approximate surface area is 167 Å². The lowest BCUT2D eigenvalue weighted by Gasteiger charge is -2.17. The second kappa shape index (κ2) is 8.93. The lowest BCUT2D eigenvalue weighted by molar-refractivity contribution is -0.119. The average Bonchev–Trinajstić information content (AvgIpc) is 2.72. The van der Waals surface area contributed by atoms with Crippen LogP contribution in [0.25, 0.3) is 10.9 Å². The maximum atomic E-state index is 12.7. The van der Waals surface area contributed by atoms with Crippen molar-refractivity contribution in [2.24, 2.45) is 0 Å². The van der Waals surface area contributed by atoms with Crippen molar-refractivity contribution in [3.8, 4) is 5.75 Å². The third-order valence-electron chi connectivity index (χ3n) is 4.46. The number of rotatable bonds is 7. The summed E-state index contributed by atoms with van der Waals surface area (Å²) in [7, 11) is 1.61. The van der Waals surface area contributed by atoms with Crippen molar-refractivity contribution in [1.82, 2.24) is 14.9 Å². The number of para-hydroxylation sites is 2. The first kappa shape index (κ1) is 19.9. The Hall–Kier alpha value is -2.80. The number of methoxy groups -OCH3 is 1. The fourth-order valence-corrected chi connectivity index (χ4v) is 3.93. The standard InChI is InChI=1S/C21H23N3O3S/c1-4-24-20(26)16-10-5-7-11-17(16)23-21(24)28-13-19(25)22-14(2)15-9-6-8-12-18(15)27-3/h5-12,14H,4,13H2,1-3H3,(H,22,25). The van der Waals surface area contributed by atoms with Gasteiger partial charge in [0.15, 0.2) is 5.16 Å². The fourth-order valence-electron chi connectivity index (χ4n) is 3.05. The van der Waals surface area contributed by atoms with Gasteiger partial charge in [-0.05, 0) is 32.0 Å². The summed E-state index contributed by atoms with van der Waals surface area (Å²) < 4.78 is 6.96. The molecule has 1 atom stereocenters. The van der Waals surface area contributed by atoms with Crippen LogP contribution in [-0.4, -0.2) is 28.3 Å². The normalized spacial score (nSPS) is 12.0. The fraction of sp³-hybridized carbons (Fsp3) is 0.286. The minimum atomic E-state index is -0.192. The van der Waals surface area contributed by atoms with Gasteiger partial charge in [-0.15, -0.1) is 0 Å². The Morgan fingerprint density at radius 3 is 2.68 bits per heavy atom. The maximum Gasteiger partial charge on any atom is 0.262 e. The number of aromatic nitrogens is 2. The predicted molar refractivity (Wildman–Crippen MR) is 112 cm³/mol. The minimum absolute atomic E-state index is 0.0848. The molecule has 1 heterocycles. The zero-order valence-corrected chi connectivity index (χ0v) is 17.0. The minimum Gasteiger partial charge on any atom is -0.496 e. The predicted octanol–water partition coefficient (Wildman–Crippen LogP) is 3.39. The van der Waals surface area contributed by atoms with Crippen LogP contribution in [0.15, 0.2) is 58.5 Å². The van der Waals surface area contributed by atoms with E-state index in [-0.39, 0.29) is 23.3 Å². The molecule has 2 aromatic carbocycles. The number of carbonyl (C=O) groups excluding carboxylic acids is 1. The van der Waals surface area contributed by atoms with Crippen LogP contribution in [0.5, 0.6) is 5.75 Å². The molecule has 0 fully saturated rings. The molecule has 0 saturated carbocycles. The quantitative estimate of drug-likeness (QED) is 0.489. The van der Waals surface area contributed by atoms with Crippen molar-refractivity contribution < 1.29 is 9.53 Å². The Bertz CT molecular complexity index is 1050. The second-order valence-electron chi connectivity index (χ2n) is 6.28. The third-order valence-corrected chi connectivity index (χ3v) is 5.43. The smallest absolute Gasteiger partial charge is 0.262 e. The summed E-state index contributed by atoms with van der Waals surface area (Å²) in [6.07, 6.45) is 0. The number of nitrogens with zero attached hydrogens (tertiary/aromatic N) is 2. The van der Waals surface area contributed by atoms with Gasteiger partial charge in [0.1, 0.15) is 5.75 Å². The second-order valence-corrected chi connectivity index (χ2v) is 7.22. The van der Waals surface area contributed by atoms with Crippen LogP contribution >= 0.6 is 11.8 Å². The molecular weight excluding hydrogens is 374 g/mol. The average molecular weight is 398 g/mol. The molecule has 1 unspecified atom stereocenters. The molecule has 0 aliphatic heterocycles. The number of nitrogens with one attached hydrogen (secondary N) is 1. The molecule has 3 aromatic rings. The summed E-state index contributed by atoms with van der Waals surface area (Å²) in [5, 5.41) is 4.11. The van der Waals surface area contributed by atoms with Crippen LogP contribution in [0.3, 0.4) is 0 Å². The van der Waals surface area contributed by atoms with Gasteiger partial charge in [0.25, 0.3) is 5.56 Å². The molecule has 3 rings (SSSR count). The Kier molecular flexibility index (Phi) is 6.36. The first-order valence-electron chi connectivity index (χ1n) is 9.09. The van der Waals surface area contributed by atoms with E-state index < -0.39 is 0 Å². The molecule has 146 valence electrons. The van der Waals surface area contributed by atoms with Crippen LogP contribution in [0.2, 0.25) is 0 Å².